The van der Waals surface area contributed by atoms with Gasteiger partial charge in [0.2, 0.25) is 0 Å². The molecular formula is C8H16S. The second-order valence-corrected chi connectivity index (χ2v) is 3.51. The zero-order valence-electron chi connectivity index (χ0n) is 6.68. The highest BCUT2D eigenvalue weighted by Gasteiger charge is 1.96. The van der Waals surface area contributed by atoms with E-state index in [4.69, 9.17) is 0 Å². The van der Waals surface area contributed by atoms with Gasteiger partial charge < -0.3 is 0 Å². The Morgan fingerprint density at radius 1 is 1.22 bits per heavy atom. The molecule has 0 aliphatic heterocycles. The fourth-order valence-corrected chi connectivity index (χ4v) is 0.832. The van der Waals surface area contributed by atoms with Crippen LogP contribution < -0.4 is 0 Å². The van der Waals surface area contributed by atoms with Gasteiger partial charge in [0.1, 0.15) is 0 Å². The molecule has 1 heteroatoms. The van der Waals surface area contributed by atoms with E-state index in [0.29, 0.717) is 11.8 Å². The van der Waals surface area contributed by atoms with Crippen LogP contribution in [0.25, 0.3) is 0 Å². The molecule has 0 aromatic rings. The molecule has 0 nitrogen and oxygen atoms in total. The van der Waals surface area contributed by atoms with Crippen molar-refractivity contribution in [2.45, 2.75) is 27.7 Å². The maximum atomic E-state index is 4.33. The Kier molecular flexibility index (Phi) is 4.03. The fraction of sp³-hybridized carbons (Fsp3) is 0.750. The molecule has 54 valence electrons. The van der Waals surface area contributed by atoms with Crippen LogP contribution in [-0.2, 0) is 0 Å². The smallest absolute Gasteiger partial charge is 0.0164 e. The summed E-state index contributed by atoms with van der Waals surface area (Å²) >= 11 is 4.33. The Bertz CT molecular complexity index is 101. The van der Waals surface area contributed by atoms with Gasteiger partial charge >= 0.3 is 0 Å². The van der Waals surface area contributed by atoms with Crippen LogP contribution in [0.2, 0.25) is 0 Å². The van der Waals surface area contributed by atoms with E-state index < -0.39 is 0 Å². The maximum Gasteiger partial charge on any atom is -0.0164 e. The Morgan fingerprint density at radius 2 is 1.67 bits per heavy atom. The molecule has 0 bridgehead atoms. The van der Waals surface area contributed by atoms with Crippen molar-refractivity contribution in [1.29, 1.82) is 0 Å². The summed E-state index contributed by atoms with van der Waals surface area (Å²) in [6.45, 7) is 8.64. The van der Waals surface area contributed by atoms with E-state index in [1.165, 1.54) is 4.91 Å². The number of allylic oxidation sites excluding steroid dienone is 2. The molecule has 0 heterocycles. The zero-order chi connectivity index (χ0) is 7.44. The van der Waals surface area contributed by atoms with E-state index in [0.717, 1.165) is 0 Å². The van der Waals surface area contributed by atoms with Crippen LogP contribution in [0.15, 0.2) is 11.0 Å². The van der Waals surface area contributed by atoms with Crippen molar-refractivity contribution in [3.63, 3.8) is 0 Å². The minimum Gasteiger partial charge on any atom is -0.148 e. The minimum atomic E-state index is 0.579. The topological polar surface area (TPSA) is 0 Å². The van der Waals surface area contributed by atoms with Crippen LogP contribution >= 0.6 is 12.6 Å². The van der Waals surface area contributed by atoms with Crippen LogP contribution in [0.5, 0.6) is 0 Å². The lowest BCUT2D eigenvalue weighted by atomic mass is 10.1. The first-order valence-corrected chi connectivity index (χ1v) is 3.89. The Hall–Kier alpha value is 0.0900. The number of hydrogen-bond donors (Lipinski definition) is 1. The summed E-state index contributed by atoms with van der Waals surface area (Å²) in [5.74, 6) is 1.20. The van der Waals surface area contributed by atoms with Crippen molar-refractivity contribution in [2.75, 3.05) is 0 Å². The Labute approximate surface area is 63.8 Å². The van der Waals surface area contributed by atoms with Gasteiger partial charge in [0.15, 0.2) is 0 Å². The molecule has 0 rings (SSSR count). The summed E-state index contributed by atoms with van der Waals surface area (Å²) in [7, 11) is 0. The SMILES string of the molecule is CC(C)/C=C(/S)C(C)C. The third kappa shape index (κ3) is 4.58. The molecule has 0 spiro atoms. The van der Waals surface area contributed by atoms with Gasteiger partial charge in [-0.1, -0.05) is 33.8 Å². The number of hydrogen-bond acceptors (Lipinski definition) is 1. The fourth-order valence-electron chi connectivity index (χ4n) is 0.534. The molecule has 0 N–H and O–H groups in total. The number of thiol groups is 1. The largest absolute Gasteiger partial charge is 0.148 e. The van der Waals surface area contributed by atoms with E-state index in [1.54, 1.807) is 0 Å². The van der Waals surface area contributed by atoms with Crippen molar-refractivity contribution in [3.05, 3.63) is 11.0 Å². The molecule has 0 aliphatic rings. The highest BCUT2D eigenvalue weighted by Crippen LogP contribution is 2.15. The minimum absolute atomic E-state index is 0.579. The van der Waals surface area contributed by atoms with Gasteiger partial charge in [-0.25, -0.2) is 0 Å². The van der Waals surface area contributed by atoms with Gasteiger partial charge in [-0.15, -0.1) is 12.6 Å². The van der Waals surface area contributed by atoms with Crippen LogP contribution in [0.4, 0.5) is 0 Å². The van der Waals surface area contributed by atoms with E-state index in [9.17, 15) is 0 Å². The van der Waals surface area contributed by atoms with Crippen LogP contribution in [0.1, 0.15) is 27.7 Å². The molecule has 0 aromatic carbocycles. The average molecular weight is 144 g/mol. The predicted octanol–water partition coefficient (Wildman–Crippen LogP) is 3.11. The molecular weight excluding hydrogens is 128 g/mol. The molecule has 0 radical (unpaired) electrons. The third-order valence-electron chi connectivity index (χ3n) is 1.10. The lowest BCUT2D eigenvalue weighted by Crippen LogP contribution is -1.89. The lowest BCUT2D eigenvalue weighted by molar-refractivity contribution is 0.770. The zero-order valence-corrected chi connectivity index (χ0v) is 7.57. The first kappa shape index (κ1) is 9.09. The van der Waals surface area contributed by atoms with Gasteiger partial charge in [0.25, 0.3) is 0 Å². The predicted molar refractivity (Wildman–Crippen MR) is 46.7 cm³/mol. The van der Waals surface area contributed by atoms with Crippen molar-refractivity contribution in [2.24, 2.45) is 11.8 Å². The van der Waals surface area contributed by atoms with Crippen LogP contribution in [0.3, 0.4) is 0 Å². The van der Waals surface area contributed by atoms with Gasteiger partial charge in [0, 0.05) is 0 Å². The van der Waals surface area contributed by atoms with Gasteiger partial charge in [-0.2, -0.15) is 0 Å². The van der Waals surface area contributed by atoms with Crippen molar-refractivity contribution >= 4 is 12.6 Å². The Morgan fingerprint density at radius 3 is 1.78 bits per heavy atom. The average Bonchev–Trinajstić information content (AvgIpc) is 1.63. The Balaban J connectivity index is 3.84. The summed E-state index contributed by atoms with van der Waals surface area (Å²) in [6, 6.07) is 0. The summed E-state index contributed by atoms with van der Waals surface area (Å²) in [5, 5.41) is 0. The van der Waals surface area contributed by atoms with Gasteiger partial charge in [0.05, 0.1) is 0 Å². The first-order valence-electron chi connectivity index (χ1n) is 3.44. The van der Waals surface area contributed by atoms with E-state index in [1.807, 2.05) is 0 Å². The van der Waals surface area contributed by atoms with Crippen LogP contribution in [-0.4, -0.2) is 0 Å². The van der Waals surface area contributed by atoms with Gasteiger partial charge in [-0.3, -0.25) is 0 Å². The van der Waals surface area contributed by atoms with E-state index in [2.05, 4.69) is 46.4 Å². The second-order valence-electron chi connectivity index (χ2n) is 2.99. The quantitative estimate of drug-likeness (QED) is 0.566. The third-order valence-corrected chi connectivity index (χ3v) is 1.76. The molecule has 0 fully saturated rings. The summed E-state index contributed by atoms with van der Waals surface area (Å²) in [4.78, 5) is 1.20. The van der Waals surface area contributed by atoms with E-state index >= 15 is 0 Å². The highest BCUT2D eigenvalue weighted by molar-refractivity contribution is 7.84. The molecule has 0 aromatic heterocycles. The molecule has 0 saturated carbocycles. The summed E-state index contributed by atoms with van der Waals surface area (Å²) in [5.41, 5.74) is 0. The van der Waals surface area contributed by atoms with Crippen molar-refractivity contribution < 1.29 is 0 Å². The number of rotatable bonds is 2. The van der Waals surface area contributed by atoms with E-state index in [-0.39, 0.29) is 0 Å². The molecule has 9 heavy (non-hydrogen) atoms. The lowest BCUT2D eigenvalue weighted by Gasteiger charge is -2.04. The molecule has 0 amide bonds. The maximum absolute atomic E-state index is 4.33. The molecule has 0 unspecified atom stereocenters. The van der Waals surface area contributed by atoms with Crippen molar-refractivity contribution in [1.82, 2.24) is 0 Å². The monoisotopic (exact) mass is 144 g/mol. The van der Waals surface area contributed by atoms with Crippen molar-refractivity contribution in [3.8, 4) is 0 Å². The highest BCUT2D eigenvalue weighted by atomic mass is 32.1. The summed E-state index contributed by atoms with van der Waals surface area (Å²) in [6.07, 6.45) is 2.19. The molecule has 0 saturated heterocycles. The normalized spacial score (nSPS) is 13.4. The van der Waals surface area contributed by atoms with Crippen LogP contribution in [0, 0.1) is 11.8 Å². The molecule has 0 atom stereocenters. The molecule has 0 aliphatic carbocycles. The summed E-state index contributed by atoms with van der Waals surface area (Å²) < 4.78 is 0. The standard InChI is InChI=1S/C8H16S/c1-6(2)5-8(9)7(3)4/h5-7,9H,1-4H3/b8-5+. The second kappa shape index (κ2) is 3.99. The first-order chi connectivity index (χ1) is 4.04. The van der Waals surface area contributed by atoms with Gasteiger partial charge in [-0.05, 0) is 16.7 Å².